The Kier molecular flexibility index (Phi) is 7.15. The molecule has 44 heavy (non-hydrogen) atoms. The van der Waals surface area contributed by atoms with Gasteiger partial charge in [0.05, 0.1) is 18.1 Å². The summed E-state index contributed by atoms with van der Waals surface area (Å²) in [6.07, 6.45) is 6.75. The minimum atomic E-state index is -0.855. The average molecular weight is 621 g/mol. The number of ether oxygens (including phenoxy) is 4. The fourth-order valence-electron chi connectivity index (χ4n) is 11.4. The molecule has 0 amide bonds. The highest BCUT2D eigenvalue weighted by molar-refractivity contribution is 5.70. The van der Waals surface area contributed by atoms with Gasteiger partial charge in [0.25, 0.3) is 0 Å². The minimum absolute atomic E-state index is 0.0951. The monoisotopic (exact) mass is 620 g/mol. The van der Waals surface area contributed by atoms with Crippen LogP contribution in [0.4, 0.5) is 0 Å². The molecule has 0 aromatic heterocycles. The van der Waals surface area contributed by atoms with Crippen molar-refractivity contribution in [2.75, 3.05) is 0 Å². The molecule has 248 valence electrons. The first kappa shape index (κ1) is 30.5. The van der Waals surface area contributed by atoms with Crippen LogP contribution in [0, 0.1) is 53.3 Å². The van der Waals surface area contributed by atoms with Gasteiger partial charge in [0, 0.05) is 24.7 Å². The maximum Gasteiger partial charge on any atom is 0.306 e. The van der Waals surface area contributed by atoms with Gasteiger partial charge in [-0.15, -0.1) is 0 Å². The quantitative estimate of drug-likeness (QED) is 0.369. The molecule has 8 heterocycles. The van der Waals surface area contributed by atoms with Gasteiger partial charge in [-0.05, 0) is 101 Å². The second-order valence-electron chi connectivity index (χ2n) is 16.4. The Morgan fingerprint density at radius 1 is 0.659 bits per heavy atom. The third-order valence-corrected chi connectivity index (χ3v) is 14.0. The van der Waals surface area contributed by atoms with Crippen molar-refractivity contribution < 1.29 is 48.4 Å². The Morgan fingerprint density at radius 2 is 1.09 bits per heavy atom. The molecule has 10 rings (SSSR count). The Hall–Kier alpha value is -0.850. The zero-order valence-electron chi connectivity index (χ0n) is 27.2. The van der Waals surface area contributed by atoms with E-state index < -0.39 is 47.2 Å². The fourth-order valence-corrected chi connectivity index (χ4v) is 11.4. The molecule has 1 N–H and O–H groups in total. The summed E-state index contributed by atoms with van der Waals surface area (Å²) >= 11 is 0. The maximum atomic E-state index is 12.9. The molecule has 0 aromatic rings. The van der Waals surface area contributed by atoms with Gasteiger partial charge >= 0.3 is 5.97 Å². The van der Waals surface area contributed by atoms with Crippen molar-refractivity contribution in [1.82, 2.24) is 0 Å². The summed E-state index contributed by atoms with van der Waals surface area (Å²) in [5.74, 6) is -1.11. The van der Waals surface area contributed by atoms with Crippen LogP contribution in [-0.2, 0) is 43.3 Å². The summed E-state index contributed by atoms with van der Waals surface area (Å²) in [5, 5.41) is 10.6. The lowest BCUT2D eigenvalue weighted by molar-refractivity contribution is -0.571. The van der Waals surface area contributed by atoms with E-state index in [0.717, 1.165) is 51.4 Å². The van der Waals surface area contributed by atoms with Gasteiger partial charge in [-0.2, -0.15) is 0 Å². The van der Waals surface area contributed by atoms with E-state index in [1.807, 2.05) is 13.8 Å². The summed E-state index contributed by atoms with van der Waals surface area (Å²) in [7, 11) is 0. The molecule has 8 saturated heterocycles. The number of hydrogen-bond acceptors (Lipinski definition) is 9. The predicted octanol–water partition coefficient (Wildman–Crippen LogP) is 5.97. The summed E-state index contributed by atoms with van der Waals surface area (Å²) in [5.41, 5.74) is -1.30. The third-order valence-electron chi connectivity index (χ3n) is 14.0. The number of fused-ring (bicyclic) bond motifs is 4. The number of aliphatic carboxylic acids is 1. The number of carboxylic acid groups (broad SMARTS) is 1. The first-order valence-corrected chi connectivity index (χ1v) is 17.5. The highest BCUT2D eigenvalue weighted by Crippen LogP contribution is 2.63. The van der Waals surface area contributed by atoms with Crippen LogP contribution in [-0.4, -0.2) is 58.6 Å². The number of carbonyl (C=O) groups is 1. The maximum absolute atomic E-state index is 12.9. The molecule has 10 aliphatic rings. The molecule has 2 saturated carbocycles. The zero-order chi connectivity index (χ0) is 30.8. The second-order valence-corrected chi connectivity index (χ2v) is 16.4. The van der Waals surface area contributed by atoms with Gasteiger partial charge in [0.15, 0.2) is 23.8 Å². The standard InChI is InChI=1S/C34H52O10/c1-17-7-9-24-19(3)26(37-29-33(24)22(17)11-13-31(5,39-29)41-43-33)15-21(28(35)36)16-27-20(4)25-10-8-18(2)23-12-14-32(6)40-30(38-27)34(23,25)44-42-32/h17-27,29-30H,7-16H2,1-6H3,(H,35,36)/t17-,18-,19-,20-,21?,22?,23?,24+,25+,26-,27?,29-,30-,31+,32-,33-,34-/m1/s1. The number of hydrogen-bond donors (Lipinski definition) is 1. The van der Waals surface area contributed by atoms with Crippen molar-refractivity contribution in [2.24, 2.45) is 53.3 Å². The molecule has 2 spiro atoms. The molecule has 17 atom stereocenters. The smallest absolute Gasteiger partial charge is 0.306 e. The molecular formula is C34H52O10. The molecule has 0 aromatic carbocycles. The van der Waals surface area contributed by atoms with Gasteiger partial charge in [0.2, 0.25) is 11.6 Å². The predicted molar refractivity (Wildman–Crippen MR) is 154 cm³/mol. The molecule has 0 radical (unpaired) electrons. The van der Waals surface area contributed by atoms with E-state index in [4.69, 9.17) is 38.5 Å². The third kappa shape index (κ3) is 4.24. The van der Waals surface area contributed by atoms with Crippen LogP contribution < -0.4 is 0 Å². The first-order chi connectivity index (χ1) is 20.9. The van der Waals surface area contributed by atoms with Crippen molar-refractivity contribution in [2.45, 2.75) is 153 Å². The molecule has 4 unspecified atom stereocenters. The van der Waals surface area contributed by atoms with Gasteiger partial charge < -0.3 is 24.1 Å². The summed E-state index contributed by atoms with van der Waals surface area (Å²) in [6, 6.07) is 0. The van der Waals surface area contributed by atoms with Gasteiger partial charge in [-0.25, -0.2) is 19.6 Å². The molecule has 10 nitrogen and oxygen atoms in total. The highest BCUT2D eigenvalue weighted by atomic mass is 17.3. The van der Waals surface area contributed by atoms with Gasteiger partial charge in [0.1, 0.15) is 0 Å². The Morgan fingerprint density at radius 3 is 1.50 bits per heavy atom. The molecule has 2 aliphatic carbocycles. The fraction of sp³-hybridized carbons (Fsp3) is 0.971. The number of carboxylic acids is 1. The lowest BCUT2D eigenvalue weighted by atomic mass is 9.56. The van der Waals surface area contributed by atoms with Crippen LogP contribution >= 0.6 is 0 Å². The highest BCUT2D eigenvalue weighted by Gasteiger charge is 2.71. The SMILES string of the molecule is C[C@H]1[C@@H](CC(CC2O[C@@H]3O[C@@]4(C)CCC5[C@H](C)CC[C@@H]([C@H]2C)[C@]53OO4)C(=O)O)O[C@@H]2O[C@]3(C)CCC4[C@H](C)CC[C@@H]1[C@]42OO3. The van der Waals surface area contributed by atoms with E-state index in [1.54, 1.807) is 0 Å². The van der Waals surface area contributed by atoms with Crippen molar-refractivity contribution in [3.63, 3.8) is 0 Å². The van der Waals surface area contributed by atoms with E-state index in [2.05, 4.69) is 27.7 Å². The van der Waals surface area contributed by atoms with Crippen molar-refractivity contribution in [1.29, 1.82) is 0 Å². The molecule has 8 aliphatic heterocycles. The first-order valence-electron chi connectivity index (χ1n) is 17.5. The summed E-state index contributed by atoms with van der Waals surface area (Å²) in [6.45, 7) is 12.9. The normalized spacial score (nSPS) is 58.3. The largest absolute Gasteiger partial charge is 0.481 e. The van der Waals surface area contributed by atoms with E-state index in [9.17, 15) is 9.90 Å². The molecule has 4 bridgehead atoms. The van der Waals surface area contributed by atoms with Crippen LogP contribution in [0.2, 0.25) is 0 Å². The average Bonchev–Trinajstić information content (AvgIpc) is 3.35. The summed E-state index contributed by atoms with van der Waals surface area (Å²) in [4.78, 5) is 37.5. The molecule has 10 heteroatoms. The number of rotatable bonds is 5. The Labute approximate surface area is 260 Å². The van der Waals surface area contributed by atoms with Gasteiger partial charge in [-0.1, -0.05) is 27.7 Å². The van der Waals surface area contributed by atoms with Crippen molar-refractivity contribution in [3.05, 3.63) is 0 Å². The lowest BCUT2D eigenvalue weighted by Crippen LogP contribution is -2.70. The van der Waals surface area contributed by atoms with E-state index in [1.165, 1.54) is 0 Å². The van der Waals surface area contributed by atoms with Crippen molar-refractivity contribution in [3.8, 4) is 0 Å². The van der Waals surface area contributed by atoms with Crippen LogP contribution in [0.25, 0.3) is 0 Å². The Balaban J connectivity index is 1.04. The minimum Gasteiger partial charge on any atom is -0.481 e. The van der Waals surface area contributed by atoms with Crippen LogP contribution in [0.3, 0.4) is 0 Å². The topological polar surface area (TPSA) is 111 Å². The van der Waals surface area contributed by atoms with E-state index in [0.29, 0.717) is 24.7 Å². The van der Waals surface area contributed by atoms with E-state index in [-0.39, 0.29) is 47.7 Å². The summed E-state index contributed by atoms with van der Waals surface area (Å²) < 4.78 is 26.7. The second kappa shape index (κ2) is 10.3. The van der Waals surface area contributed by atoms with Crippen LogP contribution in [0.15, 0.2) is 0 Å². The van der Waals surface area contributed by atoms with E-state index >= 15 is 0 Å². The molecular weight excluding hydrogens is 568 g/mol. The zero-order valence-corrected chi connectivity index (χ0v) is 27.2. The Bertz CT molecular complexity index is 1070. The molecule has 10 fully saturated rings. The lowest BCUT2D eigenvalue weighted by Gasteiger charge is -2.61. The van der Waals surface area contributed by atoms with Crippen molar-refractivity contribution >= 4 is 5.97 Å². The van der Waals surface area contributed by atoms with Crippen LogP contribution in [0.5, 0.6) is 0 Å². The van der Waals surface area contributed by atoms with Crippen LogP contribution in [0.1, 0.15) is 106 Å². The van der Waals surface area contributed by atoms with Gasteiger partial charge in [-0.3, -0.25) is 4.79 Å².